The summed E-state index contributed by atoms with van der Waals surface area (Å²) in [6.07, 6.45) is 1.74. The van der Waals surface area contributed by atoms with Crippen LogP contribution in [0, 0.1) is 6.92 Å². The van der Waals surface area contributed by atoms with Crippen LogP contribution in [0.15, 0.2) is 76.7 Å². The van der Waals surface area contributed by atoms with Gasteiger partial charge in [0.1, 0.15) is 5.69 Å². The second-order valence-corrected chi connectivity index (χ2v) is 7.60. The third-order valence-corrected chi connectivity index (χ3v) is 4.83. The van der Waals surface area contributed by atoms with E-state index in [4.69, 9.17) is 4.55 Å². The van der Waals surface area contributed by atoms with E-state index >= 15 is 0 Å². The summed E-state index contributed by atoms with van der Waals surface area (Å²) in [6, 6.07) is 17.3. The second-order valence-electron chi connectivity index (χ2n) is 5.99. The van der Waals surface area contributed by atoms with E-state index in [1.807, 2.05) is 43.3 Å². The molecule has 0 atom stereocenters. The SMILES string of the molecule is Cc1ccc(S(=O)(=O)O)cc1.S=C=Nc1ccc2nc(-c3ccccn3)[nH]c2c1. The Kier molecular flexibility index (Phi) is 6.26. The average Bonchev–Trinajstić information content (AvgIpc) is 3.13. The van der Waals surface area contributed by atoms with Gasteiger partial charge in [0.2, 0.25) is 0 Å². The molecule has 0 saturated carbocycles. The minimum atomic E-state index is -4.02. The molecule has 0 saturated heterocycles. The van der Waals surface area contributed by atoms with Gasteiger partial charge in [0.25, 0.3) is 10.1 Å². The molecule has 0 aliphatic rings. The zero-order valence-corrected chi connectivity index (χ0v) is 16.9. The topological polar surface area (TPSA) is 108 Å². The molecule has 0 aliphatic carbocycles. The lowest BCUT2D eigenvalue weighted by Gasteiger charge is -1.95. The number of fused-ring (bicyclic) bond motifs is 1. The van der Waals surface area contributed by atoms with Crippen molar-refractivity contribution in [2.24, 2.45) is 4.99 Å². The summed E-state index contributed by atoms with van der Waals surface area (Å²) in [5.41, 5.74) is 4.31. The first kappa shape index (κ1) is 20.5. The third kappa shape index (κ3) is 5.40. The lowest BCUT2D eigenvalue weighted by molar-refractivity contribution is 0.483. The van der Waals surface area contributed by atoms with Crippen LogP contribution in [0.5, 0.6) is 0 Å². The monoisotopic (exact) mass is 424 g/mol. The zero-order chi connectivity index (χ0) is 20.9. The number of aromatic nitrogens is 3. The number of isothiocyanates is 1. The van der Waals surface area contributed by atoms with Gasteiger partial charge < -0.3 is 4.98 Å². The Morgan fingerprint density at radius 2 is 1.86 bits per heavy atom. The molecule has 7 nitrogen and oxygen atoms in total. The highest BCUT2D eigenvalue weighted by atomic mass is 32.2. The Morgan fingerprint density at radius 1 is 1.10 bits per heavy atom. The van der Waals surface area contributed by atoms with Gasteiger partial charge in [-0.25, -0.2) is 4.98 Å². The fourth-order valence-corrected chi connectivity index (χ4v) is 3.04. The van der Waals surface area contributed by atoms with E-state index in [0.29, 0.717) is 0 Å². The quantitative estimate of drug-likeness (QED) is 0.283. The predicted molar refractivity (Wildman–Crippen MR) is 115 cm³/mol. The predicted octanol–water partition coefficient (Wildman–Crippen LogP) is 4.60. The minimum absolute atomic E-state index is 0.0666. The van der Waals surface area contributed by atoms with Crippen LogP contribution < -0.4 is 0 Å². The van der Waals surface area contributed by atoms with E-state index in [-0.39, 0.29) is 4.90 Å². The van der Waals surface area contributed by atoms with Crippen molar-refractivity contribution in [2.75, 3.05) is 0 Å². The van der Waals surface area contributed by atoms with E-state index in [9.17, 15) is 8.42 Å². The number of thiocarbonyl (C=S) groups is 1. The van der Waals surface area contributed by atoms with Gasteiger partial charge >= 0.3 is 0 Å². The molecule has 0 fully saturated rings. The Hall–Kier alpha value is -3.23. The van der Waals surface area contributed by atoms with Crippen LogP contribution in [-0.2, 0) is 10.1 Å². The Balaban J connectivity index is 0.000000188. The molecule has 2 N–H and O–H groups in total. The number of imidazole rings is 1. The number of H-pyrrole nitrogens is 1. The smallest absolute Gasteiger partial charge is 0.294 e. The van der Waals surface area contributed by atoms with Gasteiger partial charge in [-0.2, -0.15) is 13.4 Å². The molecule has 0 spiro atoms. The number of pyridine rings is 1. The third-order valence-electron chi connectivity index (χ3n) is 3.87. The second kappa shape index (κ2) is 8.85. The highest BCUT2D eigenvalue weighted by Gasteiger charge is 2.07. The summed E-state index contributed by atoms with van der Waals surface area (Å²) in [4.78, 5) is 15.8. The molecule has 0 radical (unpaired) electrons. The van der Waals surface area contributed by atoms with Crippen LogP contribution in [0.4, 0.5) is 5.69 Å². The number of aliphatic imine (C=N–C) groups is 1. The van der Waals surface area contributed by atoms with Crippen molar-refractivity contribution in [3.63, 3.8) is 0 Å². The van der Waals surface area contributed by atoms with Crippen molar-refractivity contribution < 1.29 is 13.0 Å². The summed E-state index contributed by atoms with van der Waals surface area (Å²) >= 11 is 4.59. The van der Waals surface area contributed by atoms with Crippen molar-refractivity contribution in [1.29, 1.82) is 0 Å². The molecule has 2 aromatic carbocycles. The van der Waals surface area contributed by atoms with Crippen molar-refractivity contribution in [3.8, 4) is 11.5 Å². The first-order chi connectivity index (χ1) is 13.9. The van der Waals surface area contributed by atoms with E-state index in [0.717, 1.165) is 33.8 Å². The molecule has 146 valence electrons. The van der Waals surface area contributed by atoms with Gasteiger partial charge in [0, 0.05) is 6.20 Å². The molecule has 29 heavy (non-hydrogen) atoms. The maximum absolute atomic E-state index is 10.5. The van der Waals surface area contributed by atoms with Gasteiger partial charge in [-0.05, 0) is 61.6 Å². The zero-order valence-electron chi connectivity index (χ0n) is 15.3. The minimum Gasteiger partial charge on any atom is -0.337 e. The van der Waals surface area contributed by atoms with Gasteiger partial charge in [-0.15, -0.1) is 0 Å². The number of hydrogen-bond acceptors (Lipinski definition) is 6. The fraction of sp³-hybridized carbons (Fsp3) is 0.0500. The van der Waals surface area contributed by atoms with Gasteiger partial charge in [-0.1, -0.05) is 23.8 Å². The molecule has 2 aromatic heterocycles. The molecular formula is C20H16N4O3S2. The normalized spacial score (nSPS) is 10.7. The van der Waals surface area contributed by atoms with Crippen LogP contribution in [0.25, 0.3) is 22.6 Å². The number of aryl methyl sites for hydroxylation is 1. The first-order valence-corrected chi connectivity index (χ1v) is 10.2. The Bertz CT molecular complexity index is 1280. The highest BCUT2D eigenvalue weighted by molar-refractivity contribution is 7.85. The van der Waals surface area contributed by atoms with Crippen LogP contribution >= 0.6 is 12.2 Å². The van der Waals surface area contributed by atoms with Gasteiger partial charge in [-0.3, -0.25) is 9.54 Å². The largest absolute Gasteiger partial charge is 0.337 e. The van der Waals surface area contributed by atoms with E-state index in [1.54, 1.807) is 18.3 Å². The summed E-state index contributed by atoms with van der Waals surface area (Å²) in [5, 5.41) is 2.35. The molecule has 0 bridgehead atoms. The summed E-state index contributed by atoms with van der Waals surface area (Å²) in [5.74, 6) is 0.745. The number of benzene rings is 2. The van der Waals surface area contributed by atoms with Gasteiger partial charge in [0.05, 0.1) is 26.8 Å². The first-order valence-electron chi connectivity index (χ1n) is 8.40. The lowest BCUT2D eigenvalue weighted by atomic mass is 10.2. The van der Waals surface area contributed by atoms with E-state index in [1.165, 1.54) is 12.1 Å². The number of rotatable bonds is 3. The van der Waals surface area contributed by atoms with Gasteiger partial charge in [0.15, 0.2) is 5.82 Å². The van der Waals surface area contributed by atoms with Crippen LogP contribution in [0.1, 0.15) is 5.56 Å². The van der Waals surface area contributed by atoms with Crippen LogP contribution in [0.3, 0.4) is 0 Å². The lowest BCUT2D eigenvalue weighted by Crippen LogP contribution is -1.96. The highest BCUT2D eigenvalue weighted by Crippen LogP contribution is 2.22. The van der Waals surface area contributed by atoms with Crippen LogP contribution in [-0.4, -0.2) is 33.1 Å². The standard InChI is InChI=1S/C13H8N4S.C7H8O3S/c18-8-15-9-4-5-10-12(7-9)17-13(16-10)11-3-1-2-6-14-11;1-6-2-4-7(5-3-6)11(8,9)10/h1-7H,(H,16,17);2-5H,1H3,(H,8,9,10). The molecule has 4 aromatic rings. The summed E-state index contributed by atoms with van der Waals surface area (Å²) in [7, 11) is -4.02. The van der Waals surface area contributed by atoms with Crippen molar-refractivity contribution in [3.05, 3.63) is 72.4 Å². The summed E-state index contributed by atoms with van der Waals surface area (Å²) in [6.45, 7) is 1.84. The Labute approximate surface area is 172 Å². The number of aromatic amines is 1. The molecule has 0 amide bonds. The van der Waals surface area contributed by atoms with Crippen molar-refractivity contribution in [1.82, 2.24) is 15.0 Å². The molecule has 9 heteroatoms. The summed E-state index contributed by atoms with van der Waals surface area (Å²) < 4.78 is 29.6. The molecule has 0 unspecified atom stereocenters. The van der Waals surface area contributed by atoms with Crippen LogP contribution in [0.2, 0.25) is 0 Å². The molecule has 0 aliphatic heterocycles. The number of nitrogens with one attached hydrogen (secondary N) is 1. The van der Waals surface area contributed by atoms with Crippen molar-refractivity contribution in [2.45, 2.75) is 11.8 Å². The maximum Gasteiger partial charge on any atom is 0.294 e. The molecule has 2 heterocycles. The fourth-order valence-electron chi connectivity index (χ4n) is 2.45. The number of hydrogen-bond donors (Lipinski definition) is 2. The van der Waals surface area contributed by atoms with E-state index < -0.39 is 10.1 Å². The van der Waals surface area contributed by atoms with Crippen molar-refractivity contribution >= 4 is 44.2 Å². The average molecular weight is 425 g/mol. The maximum atomic E-state index is 10.5. The Morgan fingerprint density at radius 3 is 2.48 bits per heavy atom. The molecule has 4 rings (SSSR count). The number of nitrogens with zero attached hydrogens (tertiary/aromatic N) is 3. The molecular weight excluding hydrogens is 408 g/mol. The van der Waals surface area contributed by atoms with E-state index in [2.05, 4.69) is 37.3 Å².